The quantitative estimate of drug-likeness (QED) is 0.607. The van der Waals surface area contributed by atoms with Crippen molar-refractivity contribution in [3.8, 4) is 5.75 Å². The van der Waals surface area contributed by atoms with E-state index in [0.717, 1.165) is 22.1 Å². The van der Waals surface area contributed by atoms with Crippen molar-refractivity contribution in [3.05, 3.63) is 59.1 Å². The van der Waals surface area contributed by atoms with Crippen molar-refractivity contribution in [2.45, 2.75) is 5.75 Å². The van der Waals surface area contributed by atoms with Gasteiger partial charge in [0.05, 0.1) is 6.61 Å². The Bertz CT molecular complexity index is 580. The third kappa shape index (κ3) is 5.28. The lowest BCUT2D eigenvalue weighted by molar-refractivity contribution is 0.344. The van der Waals surface area contributed by atoms with Crippen LogP contribution in [0.2, 0.25) is 5.02 Å². The summed E-state index contributed by atoms with van der Waals surface area (Å²) in [6, 6.07) is 14.6. The monoisotopic (exact) mass is 322 g/mol. The highest BCUT2D eigenvalue weighted by atomic mass is 35.5. The Morgan fingerprint density at radius 3 is 2.67 bits per heavy atom. The molecule has 0 aromatic heterocycles. The predicted octanol–water partition coefficient (Wildman–Crippen LogP) is 2.33. The highest BCUT2D eigenvalue weighted by Crippen LogP contribution is 2.20. The van der Waals surface area contributed by atoms with Gasteiger partial charge in [-0.3, -0.25) is 0 Å². The maximum atomic E-state index is 9.09. The molecule has 2 N–H and O–H groups in total. The fraction of sp³-hybridized carbons (Fsp3) is 0.200. The van der Waals surface area contributed by atoms with Crippen molar-refractivity contribution in [1.82, 2.24) is 0 Å². The number of ether oxygens (including phenoxy) is 1. The highest BCUT2D eigenvalue weighted by molar-refractivity contribution is 7.98. The summed E-state index contributed by atoms with van der Waals surface area (Å²) < 4.78 is 5.59. The molecule has 0 aliphatic carbocycles. The van der Waals surface area contributed by atoms with E-state index in [1.807, 2.05) is 24.3 Å². The Kier molecular flexibility index (Phi) is 6.45. The standard InChI is InChI=1S/C15H16BClO3S/c17-15-7-2-1-4-12(15)11-21-9-8-20-14-6-3-5-13(10-14)16(18)19/h1-7,10,18-19H,8-9,11H2. The molecule has 2 aromatic rings. The molecule has 110 valence electrons. The third-order valence-electron chi connectivity index (χ3n) is 2.87. The van der Waals surface area contributed by atoms with Gasteiger partial charge in [0.1, 0.15) is 5.75 Å². The highest BCUT2D eigenvalue weighted by Gasteiger charge is 2.10. The van der Waals surface area contributed by atoms with Crippen molar-refractivity contribution >= 4 is 35.9 Å². The Labute approximate surface area is 134 Å². The molecular formula is C15H16BClO3S. The maximum absolute atomic E-state index is 9.09. The van der Waals surface area contributed by atoms with Crippen LogP contribution in [0.4, 0.5) is 0 Å². The summed E-state index contributed by atoms with van der Waals surface area (Å²) in [4.78, 5) is 0. The molecule has 21 heavy (non-hydrogen) atoms. The van der Waals surface area contributed by atoms with Crippen molar-refractivity contribution < 1.29 is 14.8 Å². The van der Waals surface area contributed by atoms with Gasteiger partial charge in [0.15, 0.2) is 0 Å². The normalized spacial score (nSPS) is 10.4. The first kappa shape index (κ1) is 16.2. The Morgan fingerprint density at radius 1 is 1.10 bits per heavy atom. The zero-order valence-electron chi connectivity index (χ0n) is 11.4. The number of benzene rings is 2. The van der Waals surface area contributed by atoms with Gasteiger partial charge in [-0.15, -0.1) is 0 Å². The SMILES string of the molecule is OB(O)c1cccc(OCCSCc2ccccc2Cl)c1. The van der Waals surface area contributed by atoms with Crippen molar-refractivity contribution in [1.29, 1.82) is 0 Å². The summed E-state index contributed by atoms with van der Waals surface area (Å²) in [6.45, 7) is 0.556. The minimum atomic E-state index is -1.47. The molecule has 0 atom stereocenters. The van der Waals surface area contributed by atoms with Crippen molar-refractivity contribution in [2.75, 3.05) is 12.4 Å². The number of hydrogen-bond donors (Lipinski definition) is 2. The molecule has 2 aromatic carbocycles. The summed E-state index contributed by atoms with van der Waals surface area (Å²) in [7, 11) is -1.47. The Hall–Kier alpha value is -1.14. The fourth-order valence-corrected chi connectivity index (χ4v) is 2.88. The van der Waals surface area contributed by atoms with Crippen LogP contribution in [0.1, 0.15) is 5.56 Å². The van der Waals surface area contributed by atoms with Crippen LogP contribution < -0.4 is 10.2 Å². The number of thioether (sulfide) groups is 1. The molecule has 0 unspecified atom stereocenters. The second-order valence-corrected chi connectivity index (χ2v) is 5.95. The summed E-state index contributed by atoms with van der Waals surface area (Å²) in [6.07, 6.45) is 0. The van der Waals surface area contributed by atoms with E-state index in [1.54, 1.807) is 36.0 Å². The minimum absolute atomic E-state index is 0.427. The molecule has 2 rings (SSSR count). The first-order valence-electron chi connectivity index (χ1n) is 6.57. The first-order valence-corrected chi connectivity index (χ1v) is 8.10. The number of rotatable bonds is 7. The van der Waals surface area contributed by atoms with E-state index in [9.17, 15) is 0 Å². The first-order chi connectivity index (χ1) is 10.2. The van der Waals surface area contributed by atoms with Crippen LogP contribution >= 0.6 is 23.4 Å². The van der Waals surface area contributed by atoms with Crippen LogP contribution in [0.3, 0.4) is 0 Å². The van der Waals surface area contributed by atoms with Gasteiger partial charge in [0.2, 0.25) is 0 Å². The van der Waals surface area contributed by atoms with Crippen LogP contribution in [-0.2, 0) is 5.75 Å². The lowest BCUT2D eigenvalue weighted by atomic mass is 9.80. The second-order valence-electron chi connectivity index (χ2n) is 4.44. The van der Waals surface area contributed by atoms with E-state index in [-0.39, 0.29) is 0 Å². The molecule has 0 radical (unpaired) electrons. The van der Waals surface area contributed by atoms with Crippen molar-refractivity contribution in [3.63, 3.8) is 0 Å². The van der Waals surface area contributed by atoms with E-state index in [4.69, 9.17) is 26.4 Å². The van der Waals surface area contributed by atoms with Gasteiger partial charge in [-0.2, -0.15) is 11.8 Å². The van der Waals surface area contributed by atoms with Crippen LogP contribution in [0, 0.1) is 0 Å². The average molecular weight is 323 g/mol. The Morgan fingerprint density at radius 2 is 1.90 bits per heavy atom. The lowest BCUT2D eigenvalue weighted by Gasteiger charge is -2.08. The van der Waals surface area contributed by atoms with Crippen LogP contribution in [0.5, 0.6) is 5.75 Å². The smallest absolute Gasteiger partial charge is 0.488 e. The molecule has 3 nitrogen and oxygen atoms in total. The van der Waals surface area contributed by atoms with E-state index in [1.165, 1.54) is 0 Å². The lowest BCUT2D eigenvalue weighted by Crippen LogP contribution is -2.29. The molecule has 0 fully saturated rings. The summed E-state index contributed by atoms with van der Waals surface area (Å²) in [5.74, 6) is 2.31. The second kappa shape index (κ2) is 8.34. The van der Waals surface area contributed by atoms with E-state index >= 15 is 0 Å². The van der Waals surface area contributed by atoms with Crippen LogP contribution in [0.25, 0.3) is 0 Å². The predicted molar refractivity (Wildman–Crippen MR) is 89.4 cm³/mol. The number of halogens is 1. The largest absolute Gasteiger partial charge is 0.493 e. The van der Waals surface area contributed by atoms with Gasteiger partial charge < -0.3 is 14.8 Å². The molecular weight excluding hydrogens is 306 g/mol. The molecule has 0 amide bonds. The molecule has 0 saturated carbocycles. The summed E-state index contributed by atoms with van der Waals surface area (Å²) in [5, 5.41) is 19.0. The van der Waals surface area contributed by atoms with Gasteiger partial charge in [-0.1, -0.05) is 41.9 Å². The van der Waals surface area contributed by atoms with Gasteiger partial charge in [-0.25, -0.2) is 0 Å². The molecule has 0 aliphatic rings. The average Bonchev–Trinajstić information content (AvgIpc) is 2.49. The van der Waals surface area contributed by atoms with Crippen LogP contribution in [0.15, 0.2) is 48.5 Å². The molecule has 0 aliphatic heterocycles. The van der Waals surface area contributed by atoms with Crippen molar-refractivity contribution in [2.24, 2.45) is 0 Å². The Balaban J connectivity index is 1.73. The van der Waals surface area contributed by atoms with Gasteiger partial charge in [0, 0.05) is 16.5 Å². The summed E-state index contributed by atoms with van der Waals surface area (Å²) in [5.41, 5.74) is 1.55. The topological polar surface area (TPSA) is 49.7 Å². The van der Waals surface area contributed by atoms with Gasteiger partial charge >= 0.3 is 7.12 Å². The molecule has 0 bridgehead atoms. The maximum Gasteiger partial charge on any atom is 0.488 e. The van der Waals surface area contributed by atoms with Gasteiger partial charge in [-0.05, 0) is 29.2 Å². The third-order valence-corrected chi connectivity index (χ3v) is 4.21. The van der Waals surface area contributed by atoms with E-state index < -0.39 is 7.12 Å². The van der Waals surface area contributed by atoms with E-state index in [2.05, 4.69) is 0 Å². The minimum Gasteiger partial charge on any atom is -0.493 e. The number of hydrogen-bond acceptors (Lipinski definition) is 4. The summed E-state index contributed by atoms with van der Waals surface area (Å²) >= 11 is 7.83. The molecule has 0 saturated heterocycles. The molecule has 6 heteroatoms. The fourth-order valence-electron chi connectivity index (χ4n) is 1.78. The van der Waals surface area contributed by atoms with E-state index in [0.29, 0.717) is 17.8 Å². The van der Waals surface area contributed by atoms with Gasteiger partial charge in [0.25, 0.3) is 0 Å². The molecule has 0 spiro atoms. The zero-order chi connectivity index (χ0) is 15.1. The van der Waals surface area contributed by atoms with Crippen LogP contribution in [-0.4, -0.2) is 29.5 Å². The zero-order valence-corrected chi connectivity index (χ0v) is 13.0. The molecule has 0 heterocycles.